The van der Waals surface area contributed by atoms with Gasteiger partial charge in [-0.3, -0.25) is 9.11 Å². The molecule has 0 unspecified atom stereocenters. The number of halogens is 8. The van der Waals surface area contributed by atoms with Gasteiger partial charge < -0.3 is 35.2 Å². The van der Waals surface area contributed by atoms with Gasteiger partial charge in [-0.05, 0) is 187 Å². The van der Waals surface area contributed by atoms with Crippen LogP contribution in [0.5, 0.6) is 23.0 Å². The third-order valence-corrected chi connectivity index (χ3v) is 18.0. The second kappa shape index (κ2) is 34.7. The van der Waals surface area contributed by atoms with Gasteiger partial charge in [-0.1, -0.05) is 109 Å². The average molecular weight is 1590 g/mol. The smallest absolute Gasteiger partial charge is 0.425 e. The van der Waals surface area contributed by atoms with Gasteiger partial charge in [0.2, 0.25) is 34.8 Å². The highest BCUT2D eigenvalue weighted by molar-refractivity contribution is 7.86. The lowest BCUT2D eigenvalue weighted by molar-refractivity contribution is 0.362. The summed E-state index contributed by atoms with van der Waals surface area (Å²) in [6, 6.07) is 89.1. The summed E-state index contributed by atoms with van der Waals surface area (Å²) >= 11 is 0. The van der Waals surface area contributed by atoms with Gasteiger partial charge in [0.15, 0.2) is 23.3 Å². The topological polar surface area (TPSA) is 272 Å². The molecule has 0 saturated carbocycles. The lowest BCUT2D eigenvalue weighted by atomic mass is 10.0. The van der Waals surface area contributed by atoms with Crippen LogP contribution in [0.2, 0.25) is 0 Å². The summed E-state index contributed by atoms with van der Waals surface area (Å²) in [6.07, 6.45) is 0. The maximum absolute atomic E-state index is 15.4. The van der Waals surface area contributed by atoms with Gasteiger partial charge in [0.05, 0.1) is 20.9 Å². The highest BCUT2D eigenvalue weighted by Crippen LogP contribution is 2.46. The van der Waals surface area contributed by atoms with Crippen LogP contribution in [0.25, 0.3) is 32.7 Å². The second-order valence-electron chi connectivity index (χ2n) is 23.4. The van der Waals surface area contributed by atoms with Crippen molar-refractivity contribution in [3.8, 4) is 34.1 Å². The predicted molar refractivity (Wildman–Crippen MR) is 404 cm³/mol. The van der Waals surface area contributed by atoms with Gasteiger partial charge in [0.25, 0.3) is 20.2 Å². The highest BCUT2D eigenvalue weighted by Gasteiger charge is 2.36. The zero-order chi connectivity index (χ0) is 79.3. The van der Waals surface area contributed by atoms with Crippen LogP contribution in [-0.4, -0.2) is 51.2 Å². The molecule has 0 atom stereocenters. The molecular weight excluding hydrogens is 1540 g/mol. The molecule has 0 aromatic heterocycles. The van der Waals surface area contributed by atoms with Gasteiger partial charge >= 0.3 is 21.2 Å². The molecule has 14 rings (SSSR count). The van der Waals surface area contributed by atoms with Crippen LogP contribution in [0.4, 0.5) is 103 Å². The molecule has 111 heavy (non-hydrogen) atoms. The average Bonchev–Trinajstić information content (AvgIpc) is 0.742. The van der Waals surface area contributed by atoms with Crippen molar-refractivity contribution in [2.45, 2.75) is 9.79 Å². The van der Waals surface area contributed by atoms with E-state index in [4.69, 9.17) is 34.7 Å². The van der Waals surface area contributed by atoms with E-state index in [1.807, 2.05) is 24.3 Å². The van der Waals surface area contributed by atoms with E-state index in [1.54, 1.807) is 18.2 Å². The van der Waals surface area contributed by atoms with Crippen molar-refractivity contribution in [2.24, 2.45) is 0 Å². The van der Waals surface area contributed by atoms with E-state index in [0.29, 0.717) is 23.6 Å². The molecule has 0 radical (unpaired) electrons. The maximum atomic E-state index is 15.4. The largest absolute Gasteiger partial charge is 0.450 e. The molecule has 0 aliphatic carbocycles. The maximum Gasteiger partial charge on any atom is 0.425 e. The zero-order valence-corrected chi connectivity index (χ0v) is 59.8. The molecular formula is C80H53F8N5O14S4. The lowest BCUT2D eigenvalue weighted by Crippen LogP contribution is -2.09. The van der Waals surface area contributed by atoms with E-state index >= 15 is 35.1 Å². The number of para-hydroxylation sites is 4. The summed E-state index contributed by atoms with van der Waals surface area (Å²) in [6.45, 7) is 0. The van der Waals surface area contributed by atoms with Crippen molar-refractivity contribution in [3.63, 3.8) is 0 Å². The first-order chi connectivity index (χ1) is 53.1. The Morgan fingerprint density at radius 3 is 0.883 bits per heavy atom. The van der Waals surface area contributed by atoms with Gasteiger partial charge in [-0.2, -0.15) is 34.4 Å². The van der Waals surface area contributed by atoms with E-state index < -0.39 is 137 Å². The van der Waals surface area contributed by atoms with Crippen LogP contribution >= 0.6 is 0 Å². The first-order valence-corrected chi connectivity index (χ1v) is 37.1. The first kappa shape index (κ1) is 78.8. The van der Waals surface area contributed by atoms with Crippen molar-refractivity contribution < 1.29 is 95.8 Å². The Morgan fingerprint density at radius 1 is 0.279 bits per heavy atom. The molecule has 14 aromatic carbocycles. The van der Waals surface area contributed by atoms with Crippen molar-refractivity contribution in [1.82, 2.24) is 0 Å². The number of fused-ring (bicyclic) bond motifs is 2. The number of ether oxygens (including phenoxy) is 2. The molecule has 0 aliphatic rings. The summed E-state index contributed by atoms with van der Waals surface area (Å²) in [5.41, 5.74) is 8.35. The molecule has 0 spiro atoms. The van der Waals surface area contributed by atoms with Crippen molar-refractivity contribution in [2.75, 3.05) is 25.8 Å². The Morgan fingerprint density at radius 2 is 0.550 bits per heavy atom. The number of nitrogens with one attached hydrogen (secondary N) is 3. The fourth-order valence-corrected chi connectivity index (χ4v) is 12.4. The predicted octanol–water partition coefficient (Wildman–Crippen LogP) is 20.7. The molecule has 0 saturated heterocycles. The van der Waals surface area contributed by atoms with Crippen LogP contribution in [-0.2, 0) is 41.5 Å². The van der Waals surface area contributed by atoms with E-state index in [0.717, 1.165) is 80.4 Å². The van der Waals surface area contributed by atoms with Crippen LogP contribution in [0.15, 0.2) is 301 Å². The van der Waals surface area contributed by atoms with E-state index in [9.17, 15) is 25.9 Å². The summed E-state index contributed by atoms with van der Waals surface area (Å²) < 4.78 is 249. The molecule has 5 N–H and O–H groups in total. The number of rotatable bonds is 19. The van der Waals surface area contributed by atoms with Crippen LogP contribution < -0.4 is 35.2 Å². The van der Waals surface area contributed by atoms with Crippen LogP contribution in [0.3, 0.4) is 0 Å². The fraction of sp³-hybridized carbons (Fsp3) is 0. The van der Waals surface area contributed by atoms with Gasteiger partial charge in [0.1, 0.15) is 11.5 Å². The fourth-order valence-electron chi connectivity index (χ4n) is 11.4. The van der Waals surface area contributed by atoms with E-state index in [2.05, 4.69) is 220 Å². The molecule has 19 nitrogen and oxygen atoms in total. The van der Waals surface area contributed by atoms with Crippen LogP contribution in [0.1, 0.15) is 0 Å². The number of benzene rings is 14. The third kappa shape index (κ3) is 19.2. The molecule has 14 aromatic rings. The number of hydrogen-bond acceptors (Lipinski definition) is 17. The Kier molecular flexibility index (Phi) is 24.6. The van der Waals surface area contributed by atoms with Crippen molar-refractivity contribution in [1.29, 1.82) is 0 Å². The third-order valence-electron chi connectivity index (χ3n) is 16.3. The molecule has 0 amide bonds. The first-order valence-electron chi connectivity index (χ1n) is 32.3. The number of nitrogens with zero attached hydrogens (tertiary/aromatic N) is 2. The quantitative estimate of drug-likeness (QED) is 0.0286. The minimum absolute atomic E-state index is 0.240. The van der Waals surface area contributed by atoms with Crippen molar-refractivity contribution in [3.05, 3.63) is 338 Å². The van der Waals surface area contributed by atoms with E-state index in [-0.39, 0.29) is 11.1 Å². The zero-order valence-electron chi connectivity index (χ0n) is 56.6. The molecule has 31 heteroatoms. The SMILES string of the molecule is O=S(=O)(O)c1ccc2c(Oc3c(F)c(F)c(-c4c(F)c(F)c(Oc5cccc6ccccc56)c(F)c4F)c(F)c3F)cc(S(=O)(=O)O)cc2c1.O=S(=O)=O.O=S(=O)=O.c1ccc(N(c2ccccc2)c2ccc(Nc3ccc(Nc4ccc(Nc5ccc(N(c6ccccc6)c6ccccc6)cc5)cc4)cc3)cc2)cc1. The Bertz CT molecular complexity index is 5880. The normalized spacial score (nSPS) is 11.0. The lowest BCUT2D eigenvalue weighted by Gasteiger charge is -2.25. The number of hydrogen-bond donors (Lipinski definition) is 5. The summed E-state index contributed by atoms with van der Waals surface area (Å²) in [5, 5.41) is 10.5. The second-order valence-corrected chi connectivity index (χ2v) is 27.1. The Hall–Kier alpha value is -13.3. The van der Waals surface area contributed by atoms with Gasteiger partial charge in [0, 0.05) is 85.1 Å². The summed E-state index contributed by atoms with van der Waals surface area (Å²) in [4.78, 5) is 2.61. The van der Waals surface area contributed by atoms with E-state index in [1.165, 1.54) is 24.3 Å². The van der Waals surface area contributed by atoms with Gasteiger partial charge in [-0.25, -0.2) is 17.6 Å². The summed E-state index contributed by atoms with van der Waals surface area (Å²) in [5.74, 6) is -25.0. The van der Waals surface area contributed by atoms with Crippen molar-refractivity contribution >= 4 is 131 Å². The number of anilines is 12. The molecule has 0 aliphatic heterocycles. The van der Waals surface area contributed by atoms with Gasteiger partial charge in [-0.15, -0.1) is 25.3 Å². The molecule has 0 fully saturated rings. The molecule has 562 valence electrons. The molecule has 0 bridgehead atoms. The van der Waals surface area contributed by atoms with Crippen LogP contribution in [0, 0.1) is 46.5 Å². The minimum Gasteiger partial charge on any atom is -0.450 e. The Balaban J connectivity index is 0.000000201. The highest BCUT2D eigenvalue weighted by atomic mass is 32.2. The monoisotopic (exact) mass is 1590 g/mol. The Labute approximate surface area is 630 Å². The minimum atomic E-state index is -5.18. The standard InChI is InChI=1S/C48H39N5.C32H14F8O8S2.2O3S/c1-5-13-43(14-6-1)52(44-15-7-2-8-16-44)47-33-29-41(30-34-47)50-39-25-21-37(22-26-39)49-38-23-27-40(28-24-38)51-42-31-35-48(36-32-42)53(45-17-9-3-10-18-45)46-19-11-4-12-20-46;33-23-21(24(34)28(38)31(27(23)37)47-19-7-3-5-13-4-1-2-6-17(13)19)22-25(35)29(39)32(30(40)26(22)36)48-20-12-16(50(44,45)46)11-14-10-15(49(41,42)43)8-9-18(14)20;2*1-4(2)3/h1-36,49-51H;1-12H,(H,41,42,43)(H,44,45,46);;. The summed E-state index contributed by atoms with van der Waals surface area (Å²) in [7, 11) is -16.3. The molecule has 0 heterocycles.